The predicted octanol–water partition coefficient (Wildman–Crippen LogP) is 3.26. The van der Waals surface area contributed by atoms with Crippen molar-refractivity contribution in [3.05, 3.63) is 0 Å². The van der Waals surface area contributed by atoms with E-state index in [4.69, 9.17) is 4.55 Å². The van der Waals surface area contributed by atoms with Gasteiger partial charge in [0.1, 0.15) is 0 Å². The Morgan fingerprint density at radius 1 is 1.06 bits per heavy atom. The number of alkyl halides is 4. The number of rotatable bonds is 3. The number of hydrogen-bond donors (Lipinski definition) is 1. The van der Waals surface area contributed by atoms with Gasteiger partial charge in [0.2, 0.25) is 11.1 Å². The second-order valence-electron chi connectivity index (χ2n) is 4.93. The Labute approximate surface area is 99.1 Å². The van der Waals surface area contributed by atoms with Crippen molar-refractivity contribution in [1.82, 2.24) is 0 Å². The Bertz CT molecular complexity index is 334. The molecular weight excluding hydrogens is 260 g/mol. The van der Waals surface area contributed by atoms with Crippen molar-refractivity contribution < 1.29 is 26.3 Å². The minimum absolute atomic E-state index is 0.0229. The van der Waals surface area contributed by atoms with Crippen LogP contribution in [0.15, 0.2) is 0 Å². The summed E-state index contributed by atoms with van der Waals surface area (Å²) in [6.07, 6.45) is 2.67. The van der Waals surface area contributed by atoms with Crippen LogP contribution in [0.2, 0.25) is 0 Å². The maximum atomic E-state index is 13.7. The van der Waals surface area contributed by atoms with Crippen molar-refractivity contribution in [3.8, 4) is 0 Å². The molecule has 2 nitrogen and oxygen atoms in total. The summed E-state index contributed by atoms with van der Waals surface area (Å²) in [5.41, 5.74) is 0. The van der Waals surface area contributed by atoms with Gasteiger partial charge in [-0.1, -0.05) is 12.8 Å². The standard InChI is InChI=1S/C10H14F4O2S/c11-9(12,10(13,14)17(15)16)8-5-4-6-2-1-3-7(6)8/h6-8H,1-5H2,(H,15,16). The first kappa shape index (κ1) is 13.3. The minimum atomic E-state index is -4.85. The maximum Gasteiger partial charge on any atom is 0.406 e. The largest absolute Gasteiger partial charge is 0.406 e. The Morgan fingerprint density at radius 2 is 1.71 bits per heavy atom. The lowest BCUT2D eigenvalue weighted by atomic mass is 9.87. The molecule has 7 heteroatoms. The molecule has 2 rings (SSSR count). The summed E-state index contributed by atoms with van der Waals surface area (Å²) < 4.78 is 72.4. The third-order valence-electron chi connectivity index (χ3n) is 4.16. The molecular formula is C10H14F4O2S. The molecule has 0 aliphatic heterocycles. The highest BCUT2D eigenvalue weighted by Crippen LogP contribution is 2.56. The lowest BCUT2D eigenvalue weighted by Crippen LogP contribution is -2.50. The molecule has 2 aliphatic rings. The van der Waals surface area contributed by atoms with Crippen LogP contribution in [0.4, 0.5) is 17.6 Å². The molecule has 0 bridgehead atoms. The predicted molar refractivity (Wildman–Crippen MR) is 54.2 cm³/mol. The highest BCUT2D eigenvalue weighted by atomic mass is 32.2. The lowest BCUT2D eigenvalue weighted by Gasteiger charge is -2.32. The van der Waals surface area contributed by atoms with E-state index in [1.54, 1.807) is 0 Å². The second-order valence-corrected chi connectivity index (χ2v) is 5.94. The molecule has 2 aliphatic carbocycles. The smallest absolute Gasteiger partial charge is 0.301 e. The van der Waals surface area contributed by atoms with Gasteiger partial charge < -0.3 is 4.55 Å². The molecule has 2 saturated carbocycles. The van der Waals surface area contributed by atoms with Crippen molar-refractivity contribution in [1.29, 1.82) is 0 Å². The Kier molecular flexibility index (Phi) is 3.27. The van der Waals surface area contributed by atoms with Crippen molar-refractivity contribution in [2.24, 2.45) is 17.8 Å². The number of halogens is 4. The second kappa shape index (κ2) is 4.19. The van der Waals surface area contributed by atoms with E-state index in [1.807, 2.05) is 0 Å². The van der Waals surface area contributed by atoms with Gasteiger partial charge in [0, 0.05) is 5.92 Å². The topological polar surface area (TPSA) is 37.3 Å². The van der Waals surface area contributed by atoms with E-state index >= 15 is 0 Å². The molecule has 0 saturated heterocycles. The van der Waals surface area contributed by atoms with Gasteiger partial charge in [-0.05, 0) is 31.1 Å². The molecule has 0 aromatic heterocycles. The molecule has 2 fully saturated rings. The van der Waals surface area contributed by atoms with Crippen LogP contribution in [0, 0.1) is 17.8 Å². The van der Waals surface area contributed by atoms with E-state index in [0.29, 0.717) is 12.8 Å². The summed E-state index contributed by atoms with van der Waals surface area (Å²) in [5.74, 6) is -6.18. The van der Waals surface area contributed by atoms with Crippen LogP contribution in [-0.2, 0) is 11.1 Å². The summed E-state index contributed by atoms with van der Waals surface area (Å²) >= 11 is -3.83. The van der Waals surface area contributed by atoms with E-state index in [9.17, 15) is 21.8 Å². The van der Waals surface area contributed by atoms with Gasteiger partial charge in [0.05, 0.1) is 0 Å². The number of hydrogen-bond acceptors (Lipinski definition) is 1. The van der Waals surface area contributed by atoms with E-state index < -0.39 is 34.1 Å². The van der Waals surface area contributed by atoms with Crippen molar-refractivity contribution in [2.75, 3.05) is 0 Å². The van der Waals surface area contributed by atoms with Crippen LogP contribution >= 0.6 is 0 Å². The van der Waals surface area contributed by atoms with Gasteiger partial charge in [-0.15, -0.1) is 0 Å². The summed E-state index contributed by atoms with van der Waals surface area (Å²) in [6.45, 7) is 0. The molecule has 0 radical (unpaired) electrons. The van der Waals surface area contributed by atoms with Crippen LogP contribution in [0.5, 0.6) is 0 Å². The summed E-state index contributed by atoms with van der Waals surface area (Å²) in [4.78, 5) is 0. The first-order valence-corrected chi connectivity index (χ1v) is 6.75. The van der Waals surface area contributed by atoms with E-state index in [2.05, 4.69) is 0 Å². The fourth-order valence-electron chi connectivity index (χ4n) is 3.34. The van der Waals surface area contributed by atoms with E-state index in [-0.39, 0.29) is 12.3 Å². The molecule has 0 spiro atoms. The normalized spacial score (nSPS) is 35.9. The third kappa shape index (κ3) is 1.91. The van der Waals surface area contributed by atoms with Crippen LogP contribution in [-0.4, -0.2) is 19.9 Å². The van der Waals surface area contributed by atoms with Crippen molar-refractivity contribution in [3.63, 3.8) is 0 Å². The maximum absolute atomic E-state index is 13.7. The van der Waals surface area contributed by atoms with Gasteiger partial charge in [0.25, 0.3) is 0 Å². The van der Waals surface area contributed by atoms with Gasteiger partial charge in [-0.2, -0.15) is 17.6 Å². The lowest BCUT2D eigenvalue weighted by molar-refractivity contribution is -0.198. The van der Waals surface area contributed by atoms with E-state index in [1.165, 1.54) is 0 Å². The molecule has 0 amide bonds. The molecule has 4 atom stereocenters. The summed E-state index contributed by atoms with van der Waals surface area (Å²) in [5, 5.41) is -4.85. The molecule has 0 aromatic rings. The van der Waals surface area contributed by atoms with Gasteiger partial charge >= 0.3 is 11.2 Å². The number of fused-ring (bicyclic) bond motifs is 1. The quantitative estimate of drug-likeness (QED) is 0.633. The van der Waals surface area contributed by atoms with E-state index in [0.717, 1.165) is 12.8 Å². The van der Waals surface area contributed by atoms with Gasteiger partial charge in [-0.25, -0.2) is 4.21 Å². The van der Waals surface area contributed by atoms with Gasteiger partial charge in [-0.3, -0.25) is 0 Å². The first-order chi connectivity index (χ1) is 7.78. The zero-order valence-corrected chi connectivity index (χ0v) is 9.86. The first-order valence-electron chi connectivity index (χ1n) is 5.65. The Morgan fingerprint density at radius 3 is 2.29 bits per heavy atom. The third-order valence-corrected chi connectivity index (χ3v) is 4.87. The fourth-order valence-corrected chi connectivity index (χ4v) is 3.73. The molecule has 17 heavy (non-hydrogen) atoms. The zero-order valence-electron chi connectivity index (χ0n) is 9.04. The monoisotopic (exact) mass is 274 g/mol. The minimum Gasteiger partial charge on any atom is -0.301 e. The SMILES string of the molecule is O=S(O)C(F)(F)C(F)(F)C1CCC2CCCC21. The van der Waals surface area contributed by atoms with Crippen LogP contribution in [0.25, 0.3) is 0 Å². The Hall–Kier alpha value is -0.170. The summed E-state index contributed by atoms with van der Waals surface area (Å²) in [6, 6.07) is 0. The average molecular weight is 274 g/mol. The van der Waals surface area contributed by atoms with Gasteiger partial charge in [0.15, 0.2) is 0 Å². The van der Waals surface area contributed by atoms with Crippen LogP contribution in [0.1, 0.15) is 32.1 Å². The molecule has 1 N–H and O–H groups in total. The summed E-state index contributed by atoms with van der Waals surface area (Å²) in [7, 11) is 0. The van der Waals surface area contributed by atoms with Crippen LogP contribution in [0.3, 0.4) is 0 Å². The molecule has 100 valence electrons. The Balaban J connectivity index is 2.23. The molecule has 0 heterocycles. The highest BCUT2D eigenvalue weighted by molar-refractivity contribution is 7.80. The molecule has 4 unspecified atom stereocenters. The zero-order chi connectivity index (χ0) is 12.8. The highest BCUT2D eigenvalue weighted by Gasteiger charge is 2.68. The van der Waals surface area contributed by atoms with Crippen molar-refractivity contribution >= 4 is 11.1 Å². The average Bonchev–Trinajstić information content (AvgIpc) is 2.76. The fraction of sp³-hybridized carbons (Fsp3) is 1.00. The van der Waals surface area contributed by atoms with Crippen molar-refractivity contribution in [2.45, 2.75) is 43.3 Å². The molecule has 0 aromatic carbocycles. The van der Waals surface area contributed by atoms with Crippen LogP contribution < -0.4 is 0 Å².